The van der Waals surface area contributed by atoms with Crippen LogP contribution < -0.4 is 0 Å². The van der Waals surface area contributed by atoms with Crippen LogP contribution in [-0.2, 0) is 21.1 Å². The van der Waals surface area contributed by atoms with E-state index in [1.54, 1.807) is 24.3 Å². The first-order valence-corrected chi connectivity index (χ1v) is 6.74. The summed E-state index contributed by atoms with van der Waals surface area (Å²) in [5.74, 6) is -0.737. The Morgan fingerprint density at radius 3 is 2.60 bits per heavy atom. The van der Waals surface area contributed by atoms with Crippen LogP contribution in [0.5, 0.6) is 0 Å². The standard InChI is InChI=1S/C10H11ClO3S/c1-15(13,14)7-10(12)6-8-3-2-4-9(11)5-8/h2-5H,6-7H2,1H3. The van der Waals surface area contributed by atoms with Crippen LogP contribution in [0.2, 0.25) is 5.02 Å². The maximum Gasteiger partial charge on any atom is 0.154 e. The normalized spacial score (nSPS) is 11.3. The van der Waals surface area contributed by atoms with Gasteiger partial charge < -0.3 is 0 Å². The van der Waals surface area contributed by atoms with Gasteiger partial charge in [0, 0.05) is 17.7 Å². The summed E-state index contributed by atoms with van der Waals surface area (Å²) in [7, 11) is -3.24. The van der Waals surface area contributed by atoms with E-state index in [0.29, 0.717) is 5.02 Å². The van der Waals surface area contributed by atoms with Gasteiger partial charge in [0.05, 0.1) is 0 Å². The minimum absolute atomic E-state index is 0.105. The number of carbonyl (C=O) groups excluding carboxylic acids is 1. The summed E-state index contributed by atoms with van der Waals surface area (Å²) in [4.78, 5) is 11.3. The van der Waals surface area contributed by atoms with Crippen molar-refractivity contribution in [3.8, 4) is 0 Å². The SMILES string of the molecule is CS(=O)(=O)CC(=O)Cc1cccc(Cl)c1. The number of hydrogen-bond donors (Lipinski definition) is 0. The van der Waals surface area contributed by atoms with Crippen molar-refractivity contribution in [2.45, 2.75) is 6.42 Å². The summed E-state index contributed by atoms with van der Waals surface area (Å²) < 4.78 is 21.7. The van der Waals surface area contributed by atoms with Gasteiger partial charge in [0.25, 0.3) is 0 Å². The fourth-order valence-electron chi connectivity index (χ4n) is 1.22. The molecule has 15 heavy (non-hydrogen) atoms. The van der Waals surface area contributed by atoms with Gasteiger partial charge >= 0.3 is 0 Å². The predicted octanol–water partition coefficient (Wildman–Crippen LogP) is 1.50. The minimum Gasteiger partial charge on any atom is -0.298 e. The number of Topliss-reactive ketones (excluding diaryl/α,β-unsaturated/α-hetero) is 1. The Kier molecular flexibility index (Phi) is 3.88. The fraction of sp³-hybridized carbons (Fsp3) is 0.300. The highest BCUT2D eigenvalue weighted by Crippen LogP contribution is 2.11. The average Bonchev–Trinajstić information content (AvgIpc) is 1.99. The number of ketones is 1. The Morgan fingerprint density at radius 2 is 2.07 bits per heavy atom. The first kappa shape index (κ1) is 12.2. The number of hydrogen-bond acceptors (Lipinski definition) is 3. The van der Waals surface area contributed by atoms with Crippen LogP contribution in [0, 0.1) is 0 Å². The van der Waals surface area contributed by atoms with Gasteiger partial charge in [-0.15, -0.1) is 0 Å². The number of carbonyl (C=O) groups is 1. The van der Waals surface area contributed by atoms with Crippen molar-refractivity contribution in [1.82, 2.24) is 0 Å². The predicted molar refractivity (Wildman–Crippen MR) is 59.9 cm³/mol. The molecule has 0 aromatic heterocycles. The monoisotopic (exact) mass is 246 g/mol. The van der Waals surface area contributed by atoms with E-state index in [-0.39, 0.29) is 12.2 Å². The summed E-state index contributed by atoms with van der Waals surface area (Å²) in [6, 6.07) is 6.82. The van der Waals surface area contributed by atoms with Crippen LogP contribution in [-0.4, -0.2) is 26.2 Å². The van der Waals surface area contributed by atoms with Gasteiger partial charge in [0.1, 0.15) is 5.75 Å². The molecule has 0 N–H and O–H groups in total. The van der Waals surface area contributed by atoms with E-state index in [2.05, 4.69) is 0 Å². The first-order valence-electron chi connectivity index (χ1n) is 4.31. The van der Waals surface area contributed by atoms with Crippen molar-refractivity contribution >= 4 is 27.2 Å². The Hall–Kier alpha value is -0.870. The number of benzene rings is 1. The zero-order valence-electron chi connectivity index (χ0n) is 8.23. The molecule has 0 radical (unpaired) electrons. The van der Waals surface area contributed by atoms with E-state index in [1.807, 2.05) is 0 Å². The molecule has 0 saturated carbocycles. The zero-order chi connectivity index (χ0) is 11.5. The molecule has 0 aliphatic rings. The molecule has 1 aromatic carbocycles. The average molecular weight is 247 g/mol. The summed E-state index contributed by atoms with van der Waals surface area (Å²) in [6.45, 7) is 0. The second-order valence-corrected chi connectivity index (χ2v) is 5.99. The van der Waals surface area contributed by atoms with E-state index in [1.165, 1.54) is 0 Å². The molecule has 0 heterocycles. The Bertz CT molecular complexity index is 465. The third kappa shape index (κ3) is 4.95. The molecular formula is C10H11ClO3S. The fourth-order valence-corrected chi connectivity index (χ4v) is 2.12. The first-order chi connectivity index (χ1) is 6.87. The number of halogens is 1. The smallest absolute Gasteiger partial charge is 0.154 e. The quantitative estimate of drug-likeness (QED) is 0.809. The summed E-state index contributed by atoms with van der Waals surface area (Å²) in [5, 5.41) is 0.541. The molecular weight excluding hydrogens is 236 g/mol. The molecule has 0 aliphatic heterocycles. The molecule has 0 atom stereocenters. The molecule has 0 saturated heterocycles. The van der Waals surface area contributed by atoms with Gasteiger partial charge in [-0.1, -0.05) is 23.7 Å². The van der Waals surface area contributed by atoms with E-state index >= 15 is 0 Å². The summed E-state index contributed by atoms with van der Waals surface area (Å²) >= 11 is 5.73. The lowest BCUT2D eigenvalue weighted by atomic mass is 10.1. The van der Waals surface area contributed by atoms with Crippen molar-refractivity contribution in [3.05, 3.63) is 34.9 Å². The highest BCUT2D eigenvalue weighted by molar-refractivity contribution is 7.91. The van der Waals surface area contributed by atoms with Crippen LogP contribution >= 0.6 is 11.6 Å². The summed E-state index contributed by atoms with van der Waals surface area (Å²) in [6.07, 6.45) is 1.15. The molecule has 0 amide bonds. The van der Waals surface area contributed by atoms with Gasteiger partial charge in [-0.05, 0) is 17.7 Å². The van der Waals surface area contributed by atoms with Crippen molar-refractivity contribution < 1.29 is 13.2 Å². The van der Waals surface area contributed by atoms with Gasteiger partial charge in [0.15, 0.2) is 15.6 Å². The molecule has 5 heteroatoms. The topological polar surface area (TPSA) is 51.2 Å². The molecule has 0 spiro atoms. The van der Waals surface area contributed by atoms with E-state index < -0.39 is 15.6 Å². The Labute approximate surface area is 94.0 Å². The summed E-state index contributed by atoms with van der Waals surface area (Å²) in [5.41, 5.74) is 0.733. The van der Waals surface area contributed by atoms with Crippen molar-refractivity contribution in [2.75, 3.05) is 12.0 Å². The van der Waals surface area contributed by atoms with Crippen LogP contribution in [0.3, 0.4) is 0 Å². The van der Waals surface area contributed by atoms with Gasteiger partial charge in [0.2, 0.25) is 0 Å². The number of sulfone groups is 1. The van der Waals surface area contributed by atoms with E-state index in [4.69, 9.17) is 11.6 Å². The Morgan fingerprint density at radius 1 is 1.40 bits per heavy atom. The molecule has 1 aromatic rings. The molecule has 0 unspecified atom stereocenters. The Balaban J connectivity index is 2.67. The van der Waals surface area contributed by atoms with Gasteiger partial charge in [-0.25, -0.2) is 8.42 Å². The highest BCUT2D eigenvalue weighted by Gasteiger charge is 2.11. The van der Waals surface area contributed by atoms with Crippen molar-refractivity contribution in [2.24, 2.45) is 0 Å². The lowest BCUT2D eigenvalue weighted by Crippen LogP contribution is -2.16. The third-order valence-electron chi connectivity index (χ3n) is 1.71. The zero-order valence-corrected chi connectivity index (χ0v) is 9.81. The maximum atomic E-state index is 11.3. The van der Waals surface area contributed by atoms with Crippen LogP contribution in [0.1, 0.15) is 5.56 Å². The maximum absolute atomic E-state index is 11.3. The lowest BCUT2D eigenvalue weighted by molar-refractivity contribution is -0.116. The van der Waals surface area contributed by atoms with E-state index in [0.717, 1.165) is 11.8 Å². The lowest BCUT2D eigenvalue weighted by Gasteiger charge is -2.00. The van der Waals surface area contributed by atoms with Crippen molar-refractivity contribution in [1.29, 1.82) is 0 Å². The van der Waals surface area contributed by atoms with Gasteiger partial charge in [-0.2, -0.15) is 0 Å². The largest absolute Gasteiger partial charge is 0.298 e. The van der Waals surface area contributed by atoms with Gasteiger partial charge in [-0.3, -0.25) is 4.79 Å². The molecule has 3 nitrogen and oxygen atoms in total. The van der Waals surface area contributed by atoms with E-state index in [9.17, 15) is 13.2 Å². The highest BCUT2D eigenvalue weighted by atomic mass is 35.5. The molecule has 82 valence electrons. The second-order valence-electron chi connectivity index (χ2n) is 3.42. The second kappa shape index (κ2) is 4.77. The van der Waals surface area contributed by atoms with Crippen LogP contribution in [0.4, 0.5) is 0 Å². The van der Waals surface area contributed by atoms with Crippen molar-refractivity contribution in [3.63, 3.8) is 0 Å². The molecule has 0 fully saturated rings. The minimum atomic E-state index is -3.24. The molecule has 0 aliphatic carbocycles. The molecule has 0 bridgehead atoms. The van der Waals surface area contributed by atoms with Crippen LogP contribution in [0.15, 0.2) is 24.3 Å². The number of rotatable bonds is 4. The van der Waals surface area contributed by atoms with Crippen LogP contribution in [0.25, 0.3) is 0 Å². The molecule has 1 rings (SSSR count). The third-order valence-corrected chi connectivity index (χ3v) is 2.79.